The van der Waals surface area contributed by atoms with E-state index in [-0.39, 0.29) is 17.4 Å². The first-order valence-electron chi connectivity index (χ1n) is 10.6. The SMILES string of the molecule is CCC(=O)Nc1cc(-c2ccc(=O)n([C@H](C)C(=O)Nc3cc(C)cc(C)c3)n2)ccc1C. The monoisotopic (exact) mass is 432 g/mol. The van der Waals surface area contributed by atoms with Crippen LogP contribution in [0.1, 0.15) is 43.0 Å². The summed E-state index contributed by atoms with van der Waals surface area (Å²) in [6, 6.07) is 13.5. The molecule has 0 bridgehead atoms. The number of hydrogen-bond acceptors (Lipinski definition) is 4. The van der Waals surface area contributed by atoms with E-state index in [1.54, 1.807) is 19.9 Å². The lowest BCUT2D eigenvalue weighted by Gasteiger charge is -2.16. The van der Waals surface area contributed by atoms with E-state index in [4.69, 9.17) is 0 Å². The van der Waals surface area contributed by atoms with Crippen LogP contribution in [0.25, 0.3) is 11.3 Å². The molecular weight excluding hydrogens is 404 g/mol. The summed E-state index contributed by atoms with van der Waals surface area (Å²) in [5.41, 5.74) is 5.26. The van der Waals surface area contributed by atoms with Crippen molar-refractivity contribution in [1.82, 2.24) is 9.78 Å². The molecule has 3 rings (SSSR count). The second-order valence-corrected chi connectivity index (χ2v) is 7.97. The Labute approximate surface area is 187 Å². The number of anilines is 2. The van der Waals surface area contributed by atoms with Crippen LogP contribution in [0.2, 0.25) is 0 Å². The number of hydrogen-bond donors (Lipinski definition) is 2. The quantitative estimate of drug-likeness (QED) is 0.604. The third kappa shape index (κ3) is 5.29. The van der Waals surface area contributed by atoms with Crippen molar-refractivity contribution >= 4 is 23.2 Å². The molecule has 2 N–H and O–H groups in total. The van der Waals surface area contributed by atoms with Crippen molar-refractivity contribution in [3.63, 3.8) is 0 Å². The lowest BCUT2D eigenvalue weighted by Crippen LogP contribution is -2.33. The van der Waals surface area contributed by atoms with Gasteiger partial charge in [0.25, 0.3) is 5.56 Å². The molecular formula is C25H28N4O3. The van der Waals surface area contributed by atoms with Crippen molar-refractivity contribution in [2.45, 2.75) is 47.1 Å². The normalized spacial score (nSPS) is 11.7. The summed E-state index contributed by atoms with van der Waals surface area (Å²) in [4.78, 5) is 37.1. The molecule has 32 heavy (non-hydrogen) atoms. The van der Waals surface area contributed by atoms with E-state index in [0.717, 1.165) is 22.3 Å². The fraction of sp³-hybridized carbons (Fsp3) is 0.280. The highest BCUT2D eigenvalue weighted by atomic mass is 16.2. The first-order valence-corrected chi connectivity index (χ1v) is 10.6. The van der Waals surface area contributed by atoms with E-state index in [1.165, 1.54) is 10.7 Å². The van der Waals surface area contributed by atoms with E-state index < -0.39 is 6.04 Å². The van der Waals surface area contributed by atoms with Gasteiger partial charge in [-0.05, 0) is 68.7 Å². The van der Waals surface area contributed by atoms with Crippen LogP contribution < -0.4 is 16.2 Å². The molecule has 7 heteroatoms. The molecule has 2 aromatic carbocycles. The zero-order valence-electron chi connectivity index (χ0n) is 19.0. The zero-order valence-corrected chi connectivity index (χ0v) is 19.0. The highest BCUT2D eigenvalue weighted by Crippen LogP contribution is 2.24. The molecule has 0 saturated carbocycles. The Hall–Kier alpha value is -3.74. The minimum absolute atomic E-state index is 0.0835. The first kappa shape index (κ1) is 22.9. The molecule has 7 nitrogen and oxygen atoms in total. The fourth-order valence-corrected chi connectivity index (χ4v) is 3.42. The zero-order chi connectivity index (χ0) is 23.4. The number of nitrogens with zero attached hydrogens (tertiary/aromatic N) is 2. The topological polar surface area (TPSA) is 93.1 Å². The first-order chi connectivity index (χ1) is 15.2. The van der Waals surface area contributed by atoms with Gasteiger partial charge in [-0.2, -0.15) is 5.10 Å². The van der Waals surface area contributed by atoms with Crippen molar-refractivity contribution < 1.29 is 9.59 Å². The second kappa shape index (κ2) is 9.60. The van der Waals surface area contributed by atoms with Gasteiger partial charge < -0.3 is 10.6 Å². The molecule has 0 radical (unpaired) electrons. The van der Waals surface area contributed by atoms with E-state index in [0.29, 0.717) is 23.5 Å². The summed E-state index contributed by atoms with van der Waals surface area (Å²) in [6.07, 6.45) is 0.375. The van der Waals surface area contributed by atoms with Crippen LogP contribution >= 0.6 is 0 Å². The summed E-state index contributed by atoms with van der Waals surface area (Å²) >= 11 is 0. The van der Waals surface area contributed by atoms with Crippen LogP contribution in [0.5, 0.6) is 0 Å². The van der Waals surface area contributed by atoms with Gasteiger partial charge >= 0.3 is 0 Å². The van der Waals surface area contributed by atoms with Crippen molar-refractivity contribution in [2.24, 2.45) is 0 Å². The predicted octanol–water partition coefficient (Wildman–Crippen LogP) is 4.38. The number of carbonyl (C=O) groups excluding carboxylic acids is 2. The summed E-state index contributed by atoms with van der Waals surface area (Å²) in [6.45, 7) is 9.25. The maximum atomic E-state index is 12.8. The molecule has 1 atom stereocenters. The van der Waals surface area contributed by atoms with Crippen molar-refractivity contribution in [3.05, 3.63) is 75.6 Å². The largest absolute Gasteiger partial charge is 0.326 e. The van der Waals surface area contributed by atoms with Gasteiger partial charge in [0.15, 0.2) is 0 Å². The summed E-state index contributed by atoms with van der Waals surface area (Å²) in [7, 11) is 0. The maximum absolute atomic E-state index is 12.8. The van der Waals surface area contributed by atoms with Gasteiger partial charge in [0.2, 0.25) is 11.8 Å². The number of aryl methyl sites for hydroxylation is 3. The lowest BCUT2D eigenvalue weighted by atomic mass is 10.1. The molecule has 0 aliphatic carbocycles. The average Bonchev–Trinajstić information content (AvgIpc) is 2.74. The number of aromatic nitrogens is 2. The van der Waals surface area contributed by atoms with Crippen LogP contribution in [-0.4, -0.2) is 21.6 Å². The minimum Gasteiger partial charge on any atom is -0.326 e. The van der Waals surface area contributed by atoms with Crippen LogP contribution in [0.4, 0.5) is 11.4 Å². The fourth-order valence-electron chi connectivity index (χ4n) is 3.42. The van der Waals surface area contributed by atoms with Crippen molar-refractivity contribution in [2.75, 3.05) is 10.6 Å². The average molecular weight is 433 g/mol. The van der Waals surface area contributed by atoms with E-state index in [2.05, 4.69) is 15.7 Å². The van der Waals surface area contributed by atoms with Crippen LogP contribution in [0, 0.1) is 20.8 Å². The number of nitrogens with one attached hydrogen (secondary N) is 2. The summed E-state index contributed by atoms with van der Waals surface area (Å²) < 4.78 is 1.18. The van der Waals surface area contributed by atoms with Gasteiger partial charge in [0.05, 0.1) is 5.69 Å². The predicted molar refractivity (Wildman–Crippen MR) is 127 cm³/mol. The van der Waals surface area contributed by atoms with Crippen molar-refractivity contribution in [1.29, 1.82) is 0 Å². The van der Waals surface area contributed by atoms with E-state index >= 15 is 0 Å². The Bertz CT molecular complexity index is 1210. The lowest BCUT2D eigenvalue weighted by molar-refractivity contribution is -0.119. The van der Waals surface area contributed by atoms with Crippen molar-refractivity contribution in [3.8, 4) is 11.3 Å². The molecule has 2 amide bonds. The molecule has 1 heterocycles. The highest BCUT2D eigenvalue weighted by Gasteiger charge is 2.19. The van der Waals surface area contributed by atoms with Gasteiger partial charge in [-0.3, -0.25) is 14.4 Å². The highest BCUT2D eigenvalue weighted by molar-refractivity contribution is 5.93. The molecule has 3 aromatic rings. The minimum atomic E-state index is -0.812. The van der Waals surface area contributed by atoms with Gasteiger partial charge in [0.1, 0.15) is 6.04 Å². The van der Waals surface area contributed by atoms with Crippen LogP contribution in [0.15, 0.2) is 53.3 Å². The van der Waals surface area contributed by atoms with Crippen LogP contribution in [0.3, 0.4) is 0 Å². The number of rotatable bonds is 6. The maximum Gasteiger partial charge on any atom is 0.267 e. The van der Waals surface area contributed by atoms with Crippen LogP contribution in [-0.2, 0) is 9.59 Å². The number of carbonyl (C=O) groups is 2. The Morgan fingerprint density at radius 1 is 0.969 bits per heavy atom. The molecule has 0 aliphatic heterocycles. The Balaban J connectivity index is 1.90. The van der Waals surface area contributed by atoms with E-state index in [1.807, 2.05) is 57.2 Å². The standard InChI is InChI=1S/C25H28N4O3/c1-6-23(30)27-22-14-19(8-7-17(22)4)21-9-10-24(31)29(28-21)18(5)25(32)26-20-12-15(2)11-16(3)13-20/h7-14,18H,6H2,1-5H3,(H,26,32)(H,27,30)/t18-/m1/s1. The molecule has 0 fully saturated rings. The Kier molecular flexibility index (Phi) is 6.88. The number of amides is 2. The number of benzene rings is 2. The van der Waals surface area contributed by atoms with Gasteiger partial charge in [0, 0.05) is 29.4 Å². The molecule has 0 spiro atoms. The summed E-state index contributed by atoms with van der Waals surface area (Å²) in [5, 5.41) is 10.2. The van der Waals surface area contributed by atoms with Gasteiger partial charge in [-0.1, -0.05) is 25.1 Å². The molecule has 0 aliphatic rings. The van der Waals surface area contributed by atoms with Gasteiger partial charge in [-0.15, -0.1) is 0 Å². The third-order valence-electron chi connectivity index (χ3n) is 5.19. The third-order valence-corrected chi connectivity index (χ3v) is 5.19. The Morgan fingerprint density at radius 2 is 1.66 bits per heavy atom. The molecule has 166 valence electrons. The molecule has 0 saturated heterocycles. The van der Waals surface area contributed by atoms with Gasteiger partial charge in [-0.25, -0.2) is 4.68 Å². The second-order valence-electron chi connectivity index (χ2n) is 7.97. The molecule has 1 aromatic heterocycles. The molecule has 0 unspecified atom stereocenters. The smallest absolute Gasteiger partial charge is 0.267 e. The Morgan fingerprint density at radius 3 is 2.31 bits per heavy atom. The summed E-state index contributed by atoms with van der Waals surface area (Å²) in [5.74, 6) is -0.415. The van der Waals surface area contributed by atoms with E-state index in [9.17, 15) is 14.4 Å².